The minimum absolute atomic E-state index is 0.0264. The van der Waals surface area contributed by atoms with E-state index in [1.165, 1.54) is 0 Å². The number of allylic oxidation sites excluding steroid dienone is 2. The predicted octanol–water partition coefficient (Wildman–Crippen LogP) is 2.20. The Morgan fingerprint density at radius 1 is 1.29 bits per heavy atom. The maximum absolute atomic E-state index is 12.6. The molecule has 1 aliphatic heterocycles. The van der Waals surface area contributed by atoms with E-state index in [1.54, 1.807) is 18.6 Å². The Bertz CT molecular complexity index is 504. The number of likely N-dealkylation sites (tertiary alicyclic amines) is 1. The lowest BCUT2D eigenvalue weighted by Crippen LogP contribution is -2.46. The van der Waals surface area contributed by atoms with Gasteiger partial charge in [0.1, 0.15) is 6.10 Å². The molecule has 2 atom stereocenters. The summed E-state index contributed by atoms with van der Waals surface area (Å²) in [5, 5.41) is 0. The van der Waals surface area contributed by atoms with Crippen molar-refractivity contribution < 1.29 is 9.53 Å². The van der Waals surface area contributed by atoms with Gasteiger partial charge in [0.05, 0.1) is 12.7 Å². The van der Waals surface area contributed by atoms with Gasteiger partial charge in [-0.25, -0.2) is 4.98 Å². The van der Waals surface area contributed by atoms with Crippen molar-refractivity contribution in [2.45, 2.75) is 38.2 Å². The van der Waals surface area contributed by atoms with Crippen LogP contribution in [0.25, 0.3) is 0 Å². The summed E-state index contributed by atoms with van der Waals surface area (Å²) in [4.78, 5) is 22.7. The third-order valence-electron chi connectivity index (χ3n) is 4.14. The van der Waals surface area contributed by atoms with Gasteiger partial charge in [-0.15, -0.1) is 0 Å². The summed E-state index contributed by atoms with van der Waals surface area (Å²) < 4.78 is 5.84. The van der Waals surface area contributed by atoms with Gasteiger partial charge in [0.2, 0.25) is 11.8 Å². The quantitative estimate of drug-likeness (QED) is 0.800. The lowest BCUT2D eigenvalue weighted by atomic mass is 9.92. The van der Waals surface area contributed by atoms with Crippen LogP contribution in [0.15, 0.2) is 30.7 Å². The summed E-state index contributed by atoms with van der Waals surface area (Å²) in [5.41, 5.74) is 0. The first-order chi connectivity index (χ1) is 10.3. The molecule has 2 aliphatic rings. The number of aromatic nitrogens is 2. The SMILES string of the molecule is O=C([C@@H]1CC=CCC1)N1CCC[C@@H](Oc2cnccn2)C1. The van der Waals surface area contributed by atoms with Crippen LogP contribution in [0.5, 0.6) is 5.88 Å². The second kappa shape index (κ2) is 6.70. The number of rotatable bonds is 3. The van der Waals surface area contributed by atoms with E-state index in [9.17, 15) is 4.79 Å². The van der Waals surface area contributed by atoms with Crippen LogP contribution in [0.2, 0.25) is 0 Å². The Labute approximate surface area is 125 Å². The van der Waals surface area contributed by atoms with Crippen LogP contribution in [0.1, 0.15) is 32.1 Å². The summed E-state index contributed by atoms with van der Waals surface area (Å²) in [7, 11) is 0. The summed E-state index contributed by atoms with van der Waals surface area (Å²) in [5.74, 6) is 0.981. The second-order valence-electron chi connectivity index (χ2n) is 5.69. The average Bonchev–Trinajstić information content (AvgIpc) is 2.56. The lowest BCUT2D eigenvalue weighted by molar-refractivity contribution is -0.138. The number of amides is 1. The number of hydrogen-bond acceptors (Lipinski definition) is 4. The Morgan fingerprint density at radius 2 is 2.24 bits per heavy atom. The van der Waals surface area contributed by atoms with E-state index in [1.807, 2.05) is 4.90 Å². The fraction of sp³-hybridized carbons (Fsp3) is 0.562. The van der Waals surface area contributed by atoms with Crippen LogP contribution < -0.4 is 4.74 Å². The van der Waals surface area contributed by atoms with Crippen molar-refractivity contribution >= 4 is 5.91 Å². The van der Waals surface area contributed by atoms with Crippen molar-refractivity contribution in [3.05, 3.63) is 30.7 Å². The van der Waals surface area contributed by atoms with Gasteiger partial charge >= 0.3 is 0 Å². The number of piperidine rings is 1. The van der Waals surface area contributed by atoms with E-state index < -0.39 is 0 Å². The first-order valence-electron chi connectivity index (χ1n) is 7.69. The van der Waals surface area contributed by atoms with Gasteiger partial charge in [-0.1, -0.05) is 12.2 Å². The van der Waals surface area contributed by atoms with Crippen LogP contribution in [0.4, 0.5) is 0 Å². The van der Waals surface area contributed by atoms with Gasteiger partial charge in [-0.05, 0) is 32.1 Å². The Hall–Kier alpha value is -1.91. The van der Waals surface area contributed by atoms with E-state index in [4.69, 9.17) is 4.74 Å². The minimum Gasteiger partial charge on any atom is -0.471 e. The fourth-order valence-corrected chi connectivity index (χ4v) is 3.03. The maximum atomic E-state index is 12.6. The standard InChI is InChI=1S/C16H21N3O2/c20-16(13-5-2-1-3-6-13)19-10-4-7-14(12-19)21-15-11-17-8-9-18-15/h1-2,8-9,11,13-14H,3-7,10,12H2/t13-,14-/m1/s1. The molecule has 0 spiro atoms. The van der Waals surface area contributed by atoms with E-state index in [2.05, 4.69) is 22.1 Å². The molecule has 1 saturated heterocycles. The number of carbonyl (C=O) groups excluding carboxylic acids is 1. The van der Waals surface area contributed by atoms with Crippen LogP contribution in [0.3, 0.4) is 0 Å². The van der Waals surface area contributed by atoms with Gasteiger partial charge in [-0.2, -0.15) is 0 Å². The number of carbonyl (C=O) groups is 1. The zero-order valence-electron chi connectivity index (χ0n) is 12.1. The van der Waals surface area contributed by atoms with Gasteiger partial charge in [0.15, 0.2) is 0 Å². The Kier molecular flexibility index (Phi) is 4.48. The maximum Gasteiger partial charge on any atom is 0.232 e. The molecular weight excluding hydrogens is 266 g/mol. The van der Waals surface area contributed by atoms with Gasteiger partial charge in [-0.3, -0.25) is 9.78 Å². The highest BCUT2D eigenvalue weighted by atomic mass is 16.5. The first-order valence-corrected chi connectivity index (χ1v) is 7.69. The third kappa shape index (κ3) is 3.60. The highest BCUT2D eigenvalue weighted by molar-refractivity contribution is 5.79. The molecular formula is C16H21N3O2. The molecule has 0 N–H and O–H groups in total. The molecule has 1 aromatic heterocycles. The normalized spacial score (nSPS) is 25.6. The largest absolute Gasteiger partial charge is 0.471 e. The molecule has 0 saturated carbocycles. The molecule has 1 amide bonds. The zero-order valence-corrected chi connectivity index (χ0v) is 12.1. The zero-order chi connectivity index (χ0) is 14.5. The molecule has 1 fully saturated rings. The second-order valence-corrected chi connectivity index (χ2v) is 5.69. The van der Waals surface area contributed by atoms with Gasteiger partial charge < -0.3 is 9.64 Å². The average molecular weight is 287 g/mol. The lowest BCUT2D eigenvalue weighted by Gasteiger charge is -2.35. The molecule has 1 aromatic rings. The van der Waals surface area contributed by atoms with Crippen molar-refractivity contribution in [1.29, 1.82) is 0 Å². The summed E-state index contributed by atoms with van der Waals surface area (Å²) in [6, 6.07) is 0. The van der Waals surface area contributed by atoms with Crippen LogP contribution in [-0.4, -0.2) is 40.0 Å². The Morgan fingerprint density at radius 3 is 3.00 bits per heavy atom. The van der Waals surface area contributed by atoms with E-state index >= 15 is 0 Å². The first kappa shape index (κ1) is 14.0. The van der Waals surface area contributed by atoms with Crippen LogP contribution >= 0.6 is 0 Å². The van der Waals surface area contributed by atoms with E-state index in [0.717, 1.165) is 38.6 Å². The van der Waals surface area contributed by atoms with Crippen molar-refractivity contribution in [2.24, 2.45) is 5.92 Å². The van der Waals surface area contributed by atoms with Crippen LogP contribution in [0, 0.1) is 5.92 Å². The van der Waals surface area contributed by atoms with Crippen molar-refractivity contribution in [3.63, 3.8) is 0 Å². The topological polar surface area (TPSA) is 55.3 Å². The molecule has 0 radical (unpaired) electrons. The van der Waals surface area contributed by atoms with Crippen molar-refractivity contribution in [2.75, 3.05) is 13.1 Å². The van der Waals surface area contributed by atoms with Crippen LogP contribution in [-0.2, 0) is 4.79 Å². The number of nitrogens with zero attached hydrogens (tertiary/aromatic N) is 3. The number of hydrogen-bond donors (Lipinski definition) is 0. The molecule has 5 heteroatoms. The highest BCUT2D eigenvalue weighted by Crippen LogP contribution is 2.23. The Balaban J connectivity index is 1.57. The monoisotopic (exact) mass is 287 g/mol. The van der Waals surface area contributed by atoms with Crippen molar-refractivity contribution in [3.8, 4) is 5.88 Å². The predicted molar refractivity (Wildman–Crippen MR) is 78.7 cm³/mol. The molecule has 21 heavy (non-hydrogen) atoms. The highest BCUT2D eigenvalue weighted by Gasteiger charge is 2.29. The fourth-order valence-electron chi connectivity index (χ4n) is 3.03. The molecule has 0 aromatic carbocycles. The van der Waals surface area contributed by atoms with E-state index in [-0.39, 0.29) is 17.9 Å². The minimum atomic E-state index is 0.0264. The molecule has 1 aliphatic carbocycles. The van der Waals surface area contributed by atoms with Crippen molar-refractivity contribution in [1.82, 2.24) is 14.9 Å². The number of ether oxygens (including phenoxy) is 1. The third-order valence-corrected chi connectivity index (χ3v) is 4.14. The summed E-state index contributed by atoms with van der Waals surface area (Å²) in [6.45, 7) is 1.51. The molecule has 0 bridgehead atoms. The smallest absolute Gasteiger partial charge is 0.232 e. The van der Waals surface area contributed by atoms with Gasteiger partial charge in [0.25, 0.3) is 0 Å². The van der Waals surface area contributed by atoms with Gasteiger partial charge in [0, 0.05) is 24.9 Å². The molecule has 112 valence electrons. The molecule has 0 unspecified atom stereocenters. The van der Waals surface area contributed by atoms with E-state index in [0.29, 0.717) is 12.4 Å². The molecule has 5 nitrogen and oxygen atoms in total. The summed E-state index contributed by atoms with van der Waals surface area (Å²) in [6.07, 6.45) is 14.0. The summed E-state index contributed by atoms with van der Waals surface area (Å²) >= 11 is 0. The molecule has 3 rings (SSSR count). The molecule has 2 heterocycles.